The van der Waals surface area contributed by atoms with Gasteiger partial charge in [-0.15, -0.1) is 0 Å². The lowest BCUT2D eigenvalue weighted by molar-refractivity contribution is -0.104. The van der Waals surface area contributed by atoms with E-state index in [0.29, 0.717) is 24.7 Å². The summed E-state index contributed by atoms with van der Waals surface area (Å²) in [4.78, 5) is 26.7. The highest BCUT2D eigenvalue weighted by Crippen LogP contribution is 2.68. The molecule has 4 atom stereocenters. The molecule has 1 heterocycles. The van der Waals surface area contributed by atoms with Gasteiger partial charge in [-0.25, -0.2) is 4.79 Å². The normalized spacial score (nSPS) is 28.3. The molecule has 29 heavy (non-hydrogen) atoms. The second kappa shape index (κ2) is 7.26. The van der Waals surface area contributed by atoms with Crippen LogP contribution in [0.1, 0.15) is 50.8 Å². The zero-order valence-electron chi connectivity index (χ0n) is 17.6. The maximum Gasteiger partial charge on any atom is 0.328 e. The summed E-state index contributed by atoms with van der Waals surface area (Å²) in [6.07, 6.45) is 3.44. The molecule has 0 unspecified atom stereocenters. The van der Waals surface area contributed by atoms with Gasteiger partial charge in [0.2, 0.25) is 0 Å². The number of rotatable bonds is 6. The molecule has 2 aromatic rings. The molecule has 0 amide bonds. The van der Waals surface area contributed by atoms with Crippen LogP contribution in [0.4, 0.5) is 0 Å². The van der Waals surface area contributed by atoms with Crippen LogP contribution in [-0.2, 0) is 16.1 Å². The van der Waals surface area contributed by atoms with Gasteiger partial charge in [-0.3, -0.25) is 14.3 Å². The monoisotopic (exact) mass is 398 g/mol. The van der Waals surface area contributed by atoms with Gasteiger partial charge in [-0.2, -0.15) is 0 Å². The summed E-state index contributed by atoms with van der Waals surface area (Å²) in [7, 11) is 0. The van der Waals surface area contributed by atoms with Crippen molar-refractivity contribution >= 4 is 0 Å². The lowest BCUT2D eigenvalue weighted by atomic mass is 10.00. The number of nitrogens with one attached hydrogen (secondary N) is 1. The van der Waals surface area contributed by atoms with Crippen molar-refractivity contribution in [3.8, 4) is 0 Å². The number of benzene rings is 1. The summed E-state index contributed by atoms with van der Waals surface area (Å²) in [6.45, 7) is 9.10. The number of ether oxygens (including phenoxy) is 2. The molecule has 2 fully saturated rings. The Morgan fingerprint density at radius 1 is 1.21 bits per heavy atom. The van der Waals surface area contributed by atoms with Gasteiger partial charge in [-0.1, -0.05) is 30.3 Å². The van der Waals surface area contributed by atoms with Crippen molar-refractivity contribution in [2.75, 3.05) is 6.61 Å². The predicted octanol–water partition coefficient (Wildman–Crippen LogP) is 3.20. The average molecular weight is 399 g/mol. The molecule has 4 rings (SSSR count). The van der Waals surface area contributed by atoms with Crippen LogP contribution in [0.2, 0.25) is 0 Å². The lowest BCUT2D eigenvalue weighted by Crippen LogP contribution is -2.36. The Kier molecular flexibility index (Phi) is 5.03. The molecule has 156 valence electrons. The lowest BCUT2D eigenvalue weighted by Gasteiger charge is -2.31. The molecule has 6 heteroatoms. The zero-order valence-corrected chi connectivity index (χ0v) is 17.6. The Hall–Kier alpha value is -2.18. The number of H-pyrrole nitrogens is 1. The Morgan fingerprint density at radius 3 is 2.62 bits per heavy atom. The third kappa shape index (κ3) is 3.96. The maximum absolute atomic E-state index is 12.5. The molecule has 6 nitrogen and oxygen atoms in total. The highest BCUT2D eigenvalue weighted by molar-refractivity contribution is 5.19. The number of aromatic nitrogens is 2. The summed E-state index contributed by atoms with van der Waals surface area (Å²) in [5.41, 5.74) is 0.696. The molecule has 2 saturated carbocycles. The molecular formula is C23H30N2O4. The third-order valence-corrected chi connectivity index (χ3v) is 6.22. The molecule has 0 spiro atoms. The topological polar surface area (TPSA) is 73.3 Å². The summed E-state index contributed by atoms with van der Waals surface area (Å²) in [6, 6.07) is 10.2. The summed E-state index contributed by atoms with van der Waals surface area (Å²) in [5, 5.41) is 0. The molecule has 1 N–H and O–H groups in total. The summed E-state index contributed by atoms with van der Waals surface area (Å²) in [5.74, 6) is 0.314. The van der Waals surface area contributed by atoms with Crippen LogP contribution in [0.15, 0.2) is 46.1 Å². The fourth-order valence-electron chi connectivity index (χ4n) is 4.78. The molecule has 1 aromatic carbocycles. The largest absolute Gasteiger partial charge is 0.376 e. The number of aromatic amines is 1. The van der Waals surface area contributed by atoms with E-state index in [0.717, 1.165) is 18.4 Å². The molecule has 0 aliphatic heterocycles. The average Bonchev–Trinajstić information content (AvgIpc) is 3.30. The third-order valence-electron chi connectivity index (χ3n) is 6.22. The van der Waals surface area contributed by atoms with E-state index in [-0.39, 0.29) is 34.4 Å². The van der Waals surface area contributed by atoms with E-state index in [2.05, 4.69) is 37.9 Å². The van der Waals surface area contributed by atoms with E-state index < -0.39 is 0 Å². The number of aryl methyl sites for hydroxylation is 1. The van der Waals surface area contributed by atoms with Crippen LogP contribution in [0, 0.1) is 18.3 Å². The zero-order chi connectivity index (χ0) is 20.8. The number of hydrogen-bond acceptors (Lipinski definition) is 4. The second-order valence-electron chi connectivity index (χ2n) is 9.52. The van der Waals surface area contributed by atoms with Crippen molar-refractivity contribution in [1.29, 1.82) is 0 Å². The van der Waals surface area contributed by atoms with Gasteiger partial charge in [0.25, 0.3) is 5.56 Å². The minimum Gasteiger partial charge on any atom is -0.376 e. The van der Waals surface area contributed by atoms with Crippen LogP contribution in [0.5, 0.6) is 0 Å². The molecule has 2 aliphatic rings. The summed E-state index contributed by atoms with van der Waals surface area (Å²) < 4.78 is 14.3. The minimum atomic E-state index is -0.340. The van der Waals surface area contributed by atoms with Crippen molar-refractivity contribution in [3.63, 3.8) is 0 Å². The van der Waals surface area contributed by atoms with Crippen LogP contribution < -0.4 is 11.2 Å². The molecular weight excluding hydrogens is 368 g/mol. The van der Waals surface area contributed by atoms with Crippen LogP contribution >= 0.6 is 0 Å². The molecule has 0 bridgehead atoms. The molecule has 0 saturated heterocycles. The van der Waals surface area contributed by atoms with E-state index >= 15 is 0 Å². The predicted molar refractivity (Wildman–Crippen MR) is 111 cm³/mol. The van der Waals surface area contributed by atoms with Crippen molar-refractivity contribution in [2.45, 2.75) is 64.9 Å². The van der Waals surface area contributed by atoms with Gasteiger partial charge in [0.1, 0.15) is 0 Å². The smallest absolute Gasteiger partial charge is 0.328 e. The quantitative estimate of drug-likeness (QED) is 0.811. The van der Waals surface area contributed by atoms with E-state index in [1.165, 1.54) is 0 Å². The van der Waals surface area contributed by atoms with E-state index in [1.807, 2.05) is 18.2 Å². The van der Waals surface area contributed by atoms with Crippen LogP contribution in [-0.4, -0.2) is 27.9 Å². The fraction of sp³-hybridized carbons (Fsp3) is 0.565. The van der Waals surface area contributed by atoms with Crippen molar-refractivity contribution in [3.05, 3.63) is 68.5 Å². The Bertz CT molecular complexity index is 988. The standard InChI is InChI=1S/C23H30N2O4/c1-15-12-25(21(27)24-20(15)26)18-10-19(29-22(2,3)4)23(11-17(18)23)14-28-13-16-8-6-5-7-9-16/h5-9,12,17-19H,10-11,13-14H2,1-4H3,(H,24,26,27)/t17-,18+,19+,23-/m1/s1. The Labute approximate surface area is 170 Å². The van der Waals surface area contributed by atoms with Gasteiger partial charge >= 0.3 is 5.69 Å². The number of fused-ring (bicyclic) bond motifs is 1. The highest BCUT2D eigenvalue weighted by Gasteiger charge is 2.68. The van der Waals surface area contributed by atoms with Gasteiger partial charge < -0.3 is 9.47 Å². The van der Waals surface area contributed by atoms with E-state index in [9.17, 15) is 9.59 Å². The highest BCUT2D eigenvalue weighted by atomic mass is 16.5. The number of nitrogens with zero attached hydrogens (tertiary/aromatic N) is 1. The molecule has 1 aromatic heterocycles. The Balaban J connectivity index is 1.55. The SMILES string of the molecule is Cc1cn([C@H]2C[C@H](OC(C)(C)C)[C@@]3(COCc4ccccc4)C[C@H]23)c(=O)[nH]c1=O. The van der Waals surface area contributed by atoms with Gasteiger partial charge in [-0.05, 0) is 52.0 Å². The first-order valence-electron chi connectivity index (χ1n) is 10.3. The first-order valence-corrected chi connectivity index (χ1v) is 10.3. The van der Waals surface area contributed by atoms with Crippen molar-refractivity contribution < 1.29 is 9.47 Å². The van der Waals surface area contributed by atoms with E-state index in [4.69, 9.17) is 9.47 Å². The first-order chi connectivity index (χ1) is 13.7. The number of hydrogen-bond donors (Lipinski definition) is 1. The minimum absolute atomic E-state index is 0.0192. The fourth-order valence-corrected chi connectivity index (χ4v) is 4.78. The summed E-state index contributed by atoms with van der Waals surface area (Å²) >= 11 is 0. The van der Waals surface area contributed by atoms with Gasteiger partial charge in [0, 0.05) is 23.2 Å². The van der Waals surface area contributed by atoms with Crippen molar-refractivity contribution in [2.24, 2.45) is 11.3 Å². The molecule has 0 radical (unpaired) electrons. The van der Waals surface area contributed by atoms with Gasteiger partial charge in [0.15, 0.2) is 0 Å². The van der Waals surface area contributed by atoms with Gasteiger partial charge in [0.05, 0.1) is 24.9 Å². The van der Waals surface area contributed by atoms with E-state index in [1.54, 1.807) is 17.7 Å². The van der Waals surface area contributed by atoms with Crippen molar-refractivity contribution in [1.82, 2.24) is 9.55 Å². The second-order valence-corrected chi connectivity index (χ2v) is 9.52. The Morgan fingerprint density at radius 2 is 1.93 bits per heavy atom. The molecule has 2 aliphatic carbocycles. The van der Waals surface area contributed by atoms with Crippen LogP contribution in [0.3, 0.4) is 0 Å². The first kappa shape index (κ1) is 20.1. The maximum atomic E-state index is 12.5. The van der Waals surface area contributed by atoms with Crippen LogP contribution in [0.25, 0.3) is 0 Å².